The number of rotatable bonds is 2. The first kappa shape index (κ1) is 14.0. The lowest BCUT2D eigenvalue weighted by Crippen LogP contribution is -2.40. The molecular weight excluding hydrogens is 319 g/mol. The average molecular weight is 330 g/mol. The molecule has 0 aliphatic carbocycles. The van der Waals surface area contributed by atoms with Crippen LogP contribution in [0.15, 0.2) is 42.5 Å². The van der Waals surface area contributed by atoms with Gasteiger partial charge in [0.15, 0.2) is 16.6 Å². The zero-order valence-electron chi connectivity index (χ0n) is 11.8. The molecule has 23 heavy (non-hydrogen) atoms. The van der Waals surface area contributed by atoms with Crippen molar-refractivity contribution in [2.75, 3.05) is 11.9 Å². The van der Waals surface area contributed by atoms with Gasteiger partial charge >= 0.3 is 0 Å². The van der Waals surface area contributed by atoms with Gasteiger partial charge in [0.25, 0.3) is 5.91 Å². The van der Waals surface area contributed by atoms with Crippen molar-refractivity contribution < 1.29 is 18.7 Å². The molecule has 2 heterocycles. The lowest BCUT2D eigenvalue weighted by molar-refractivity contribution is -0.125. The highest BCUT2D eigenvalue weighted by Gasteiger charge is 2.28. The van der Waals surface area contributed by atoms with Gasteiger partial charge < -0.3 is 9.47 Å². The number of nitrogens with zero attached hydrogens (tertiary/aromatic N) is 1. The fourth-order valence-electron chi connectivity index (χ4n) is 2.30. The van der Waals surface area contributed by atoms with Gasteiger partial charge in [-0.25, -0.2) is 9.37 Å². The van der Waals surface area contributed by atoms with E-state index in [0.29, 0.717) is 21.3 Å². The molecule has 1 aliphatic rings. The quantitative estimate of drug-likeness (QED) is 0.784. The molecule has 2 aromatic carbocycles. The molecule has 1 atom stereocenters. The van der Waals surface area contributed by atoms with Crippen molar-refractivity contribution in [2.45, 2.75) is 6.10 Å². The van der Waals surface area contributed by atoms with Crippen LogP contribution in [0.5, 0.6) is 11.5 Å². The van der Waals surface area contributed by atoms with Crippen LogP contribution in [0, 0.1) is 5.82 Å². The first-order valence-electron chi connectivity index (χ1n) is 6.95. The van der Waals surface area contributed by atoms with Crippen molar-refractivity contribution in [2.24, 2.45) is 0 Å². The minimum atomic E-state index is -0.776. The SMILES string of the molecule is O=C(Nc1nc2c(F)cccc2s1)[C@H]1COc2ccccc2O1. The van der Waals surface area contributed by atoms with Gasteiger partial charge in [0.2, 0.25) is 6.10 Å². The van der Waals surface area contributed by atoms with Crippen molar-refractivity contribution in [3.05, 3.63) is 48.3 Å². The minimum absolute atomic E-state index is 0.113. The van der Waals surface area contributed by atoms with E-state index in [1.807, 2.05) is 6.07 Å². The molecule has 7 heteroatoms. The maximum atomic E-state index is 13.6. The normalized spacial score (nSPS) is 16.3. The number of thiazole rings is 1. The maximum Gasteiger partial charge on any atom is 0.270 e. The Balaban J connectivity index is 1.52. The molecule has 4 rings (SSSR count). The fraction of sp³-hybridized carbons (Fsp3) is 0.125. The summed E-state index contributed by atoms with van der Waals surface area (Å²) in [5.41, 5.74) is 0.249. The van der Waals surface area contributed by atoms with E-state index >= 15 is 0 Å². The molecule has 1 amide bonds. The third-order valence-electron chi connectivity index (χ3n) is 3.40. The summed E-state index contributed by atoms with van der Waals surface area (Å²) in [7, 11) is 0. The van der Waals surface area contributed by atoms with E-state index < -0.39 is 11.9 Å². The number of benzene rings is 2. The van der Waals surface area contributed by atoms with E-state index in [-0.39, 0.29) is 18.0 Å². The standard InChI is InChI=1S/C16H11FN2O3S/c17-9-4-3-7-13-14(9)18-16(23-13)19-15(20)12-8-21-10-5-1-2-6-11(10)22-12/h1-7,12H,8H2,(H,18,19,20)/t12-/m1/s1. The molecule has 0 saturated carbocycles. The summed E-state index contributed by atoms with van der Waals surface area (Å²) in [6, 6.07) is 11.8. The van der Waals surface area contributed by atoms with Crippen molar-refractivity contribution in [1.29, 1.82) is 0 Å². The summed E-state index contributed by atoms with van der Waals surface area (Å²) in [6.45, 7) is 0.113. The van der Waals surface area contributed by atoms with Crippen LogP contribution in [0.2, 0.25) is 0 Å². The highest BCUT2D eigenvalue weighted by Crippen LogP contribution is 2.32. The Morgan fingerprint density at radius 3 is 2.87 bits per heavy atom. The van der Waals surface area contributed by atoms with E-state index in [9.17, 15) is 9.18 Å². The van der Waals surface area contributed by atoms with E-state index in [1.54, 1.807) is 30.3 Å². The zero-order chi connectivity index (χ0) is 15.8. The molecule has 1 N–H and O–H groups in total. The number of ether oxygens (including phenoxy) is 2. The number of hydrogen-bond acceptors (Lipinski definition) is 5. The van der Waals surface area contributed by atoms with Gasteiger partial charge in [-0.05, 0) is 24.3 Å². The fourth-order valence-corrected chi connectivity index (χ4v) is 3.19. The molecule has 1 aromatic heterocycles. The summed E-state index contributed by atoms with van der Waals surface area (Å²) in [4.78, 5) is 16.4. The van der Waals surface area contributed by atoms with Gasteiger partial charge in [0.1, 0.15) is 17.9 Å². The van der Waals surface area contributed by atoms with E-state index in [1.165, 1.54) is 17.4 Å². The summed E-state index contributed by atoms with van der Waals surface area (Å²) >= 11 is 1.21. The predicted octanol–water partition coefficient (Wildman–Crippen LogP) is 3.21. The predicted molar refractivity (Wildman–Crippen MR) is 84.6 cm³/mol. The number of hydrogen-bond donors (Lipinski definition) is 1. The van der Waals surface area contributed by atoms with Gasteiger partial charge in [-0.1, -0.05) is 29.5 Å². The Hall–Kier alpha value is -2.67. The van der Waals surface area contributed by atoms with E-state index in [4.69, 9.17) is 9.47 Å². The third-order valence-corrected chi connectivity index (χ3v) is 4.34. The van der Waals surface area contributed by atoms with Crippen LogP contribution >= 0.6 is 11.3 Å². The lowest BCUT2D eigenvalue weighted by atomic mass is 10.2. The second kappa shape index (κ2) is 5.51. The summed E-state index contributed by atoms with van der Waals surface area (Å²) in [6.07, 6.45) is -0.776. The Kier molecular flexibility index (Phi) is 3.34. The van der Waals surface area contributed by atoms with E-state index in [2.05, 4.69) is 10.3 Å². The Bertz CT molecular complexity index is 896. The van der Waals surface area contributed by atoms with Crippen molar-refractivity contribution in [3.63, 3.8) is 0 Å². The smallest absolute Gasteiger partial charge is 0.270 e. The van der Waals surface area contributed by atoms with E-state index in [0.717, 1.165) is 0 Å². The third kappa shape index (κ3) is 2.59. The molecule has 5 nitrogen and oxygen atoms in total. The number of halogens is 1. The number of fused-ring (bicyclic) bond motifs is 2. The highest BCUT2D eigenvalue weighted by molar-refractivity contribution is 7.22. The first-order valence-corrected chi connectivity index (χ1v) is 7.77. The number of carbonyl (C=O) groups is 1. The van der Waals surface area contributed by atoms with Crippen LogP contribution in [-0.4, -0.2) is 23.6 Å². The molecule has 0 radical (unpaired) electrons. The number of anilines is 1. The van der Waals surface area contributed by atoms with Gasteiger partial charge in [-0.3, -0.25) is 10.1 Å². The molecule has 0 bridgehead atoms. The van der Waals surface area contributed by atoms with Gasteiger partial charge in [0.05, 0.1) is 4.70 Å². The number of para-hydroxylation sites is 3. The number of amides is 1. The maximum absolute atomic E-state index is 13.6. The lowest BCUT2D eigenvalue weighted by Gasteiger charge is -2.25. The van der Waals surface area contributed by atoms with Crippen LogP contribution in [0.4, 0.5) is 9.52 Å². The minimum Gasteiger partial charge on any atom is -0.485 e. The average Bonchev–Trinajstić information content (AvgIpc) is 2.98. The molecule has 0 spiro atoms. The Labute approximate surface area is 134 Å². The monoisotopic (exact) mass is 330 g/mol. The summed E-state index contributed by atoms with van der Waals surface area (Å²) in [5.74, 6) is 0.345. The van der Waals surface area contributed by atoms with Gasteiger partial charge in [-0.15, -0.1) is 0 Å². The van der Waals surface area contributed by atoms with Crippen LogP contribution in [0.3, 0.4) is 0 Å². The molecule has 0 fully saturated rings. The summed E-state index contributed by atoms with van der Waals surface area (Å²) < 4.78 is 25.5. The van der Waals surface area contributed by atoms with Crippen molar-refractivity contribution in [3.8, 4) is 11.5 Å². The molecule has 116 valence electrons. The second-order valence-corrected chi connectivity index (χ2v) is 5.99. The van der Waals surface area contributed by atoms with Gasteiger partial charge in [-0.2, -0.15) is 0 Å². The Morgan fingerprint density at radius 1 is 1.22 bits per heavy atom. The van der Waals surface area contributed by atoms with Gasteiger partial charge in [0, 0.05) is 0 Å². The number of nitrogens with one attached hydrogen (secondary N) is 1. The largest absolute Gasteiger partial charge is 0.485 e. The summed E-state index contributed by atoms with van der Waals surface area (Å²) in [5, 5.41) is 2.99. The number of carbonyl (C=O) groups excluding carboxylic acids is 1. The van der Waals surface area contributed by atoms with Crippen LogP contribution in [0.1, 0.15) is 0 Å². The number of aromatic nitrogens is 1. The Morgan fingerprint density at radius 2 is 2.04 bits per heavy atom. The van der Waals surface area contributed by atoms with Crippen molar-refractivity contribution in [1.82, 2.24) is 4.98 Å². The first-order chi connectivity index (χ1) is 11.2. The molecule has 0 saturated heterocycles. The molecular formula is C16H11FN2O3S. The molecule has 3 aromatic rings. The molecule has 1 aliphatic heterocycles. The van der Waals surface area contributed by atoms with Crippen LogP contribution in [-0.2, 0) is 4.79 Å². The van der Waals surface area contributed by atoms with Crippen molar-refractivity contribution >= 4 is 32.6 Å². The van der Waals surface area contributed by atoms with Crippen LogP contribution < -0.4 is 14.8 Å². The van der Waals surface area contributed by atoms with Crippen LogP contribution in [0.25, 0.3) is 10.2 Å². The second-order valence-electron chi connectivity index (χ2n) is 4.96. The highest BCUT2D eigenvalue weighted by atomic mass is 32.1. The zero-order valence-corrected chi connectivity index (χ0v) is 12.6. The topological polar surface area (TPSA) is 60.5 Å². The molecule has 0 unspecified atom stereocenters.